The molecule has 1 nitrogen and oxygen atoms in total. The van der Waals surface area contributed by atoms with Crippen LogP contribution in [0.5, 0.6) is 0 Å². The summed E-state index contributed by atoms with van der Waals surface area (Å²) in [4.78, 5) is 0. The molecule has 0 fully saturated rings. The number of halogens is 2. The molecule has 0 saturated carbocycles. The van der Waals surface area contributed by atoms with Gasteiger partial charge in [-0.1, -0.05) is 11.6 Å². The lowest BCUT2D eigenvalue weighted by atomic mass is 10.3. The normalized spacial score (nSPS) is 9.56. The molecule has 47 valence electrons. The first-order valence-corrected chi connectivity index (χ1v) is 3.49. The van der Waals surface area contributed by atoms with E-state index >= 15 is 0 Å². The van der Waals surface area contributed by atoms with Crippen molar-refractivity contribution in [3.05, 3.63) is 27.7 Å². The molecule has 9 heavy (non-hydrogen) atoms. The third-order valence-corrected chi connectivity index (χ3v) is 2.07. The Hall–Kier alpha value is -0.210. The summed E-state index contributed by atoms with van der Waals surface area (Å²) in [5.41, 5.74) is 5.93. The van der Waals surface area contributed by atoms with E-state index in [0.29, 0.717) is 10.7 Å². The molecule has 0 aliphatic carbocycles. The number of anilines is 1. The summed E-state index contributed by atoms with van der Waals surface area (Å²) in [5, 5.41) is 0.617. The van der Waals surface area contributed by atoms with Gasteiger partial charge in [-0.05, 0) is 28.1 Å². The van der Waals surface area contributed by atoms with Crippen molar-refractivity contribution < 1.29 is 0 Å². The number of nitrogen functional groups attached to an aromatic ring is 1. The molecule has 1 aromatic carbocycles. The maximum atomic E-state index is 5.67. The highest BCUT2D eigenvalue weighted by molar-refractivity contribution is 9.10. The van der Waals surface area contributed by atoms with Crippen LogP contribution in [0, 0.1) is 6.07 Å². The molecule has 0 aliphatic rings. The van der Waals surface area contributed by atoms with Crippen molar-refractivity contribution in [2.75, 3.05) is 5.73 Å². The number of hydrogen-bond acceptors (Lipinski definition) is 1. The van der Waals surface area contributed by atoms with Gasteiger partial charge in [-0.2, -0.15) is 0 Å². The molecule has 0 bridgehead atoms. The first kappa shape index (κ1) is 6.90. The van der Waals surface area contributed by atoms with Gasteiger partial charge in [0.1, 0.15) is 0 Å². The average molecular weight is 205 g/mol. The van der Waals surface area contributed by atoms with Crippen LogP contribution in [0.25, 0.3) is 0 Å². The smallest absolute Gasteiger partial charge is 0.0568 e. The Balaban J connectivity index is 3.17. The third-order valence-electron chi connectivity index (χ3n) is 0.876. The molecule has 1 radical (unpaired) electrons. The number of nitrogens with two attached hydrogens (primary N) is 1. The zero-order chi connectivity index (χ0) is 6.85. The van der Waals surface area contributed by atoms with Gasteiger partial charge in [0.2, 0.25) is 0 Å². The Morgan fingerprint density at radius 1 is 1.67 bits per heavy atom. The van der Waals surface area contributed by atoms with Gasteiger partial charge in [-0.25, -0.2) is 0 Å². The fourth-order valence-corrected chi connectivity index (χ4v) is 0.864. The minimum absolute atomic E-state index is 0.559. The Bertz CT molecular complexity index is 224. The zero-order valence-corrected chi connectivity index (χ0v) is 6.83. The minimum Gasteiger partial charge on any atom is -0.398 e. The second kappa shape index (κ2) is 2.58. The third kappa shape index (κ3) is 1.60. The van der Waals surface area contributed by atoms with E-state index in [4.69, 9.17) is 17.3 Å². The lowest BCUT2D eigenvalue weighted by Gasteiger charge is -1.94. The van der Waals surface area contributed by atoms with Gasteiger partial charge >= 0.3 is 0 Å². The van der Waals surface area contributed by atoms with Crippen molar-refractivity contribution in [3.63, 3.8) is 0 Å². The van der Waals surface area contributed by atoms with Gasteiger partial charge in [0.15, 0.2) is 0 Å². The van der Waals surface area contributed by atoms with Gasteiger partial charge in [0.05, 0.1) is 5.02 Å². The van der Waals surface area contributed by atoms with Crippen molar-refractivity contribution in [1.29, 1.82) is 0 Å². The Morgan fingerprint density at radius 2 is 2.33 bits per heavy atom. The van der Waals surface area contributed by atoms with E-state index in [1.807, 2.05) is 0 Å². The van der Waals surface area contributed by atoms with Crippen LogP contribution in [0.2, 0.25) is 5.02 Å². The fourth-order valence-electron chi connectivity index (χ4n) is 0.463. The predicted molar refractivity (Wildman–Crippen MR) is 42.4 cm³/mol. The van der Waals surface area contributed by atoms with Crippen molar-refractivity contribution in [1.82, 2.24) is 0 Å². The molecule has 0 amide bonds. The molecule has 0 spiro atoms. The van der Waals surface area contributed by atoms with Crippen LogP contribution in [0.1, 0.15) is 0 Å². The molecule has 0 atom stereocenters. The molecule has 1 rings (SSSR count). The molecule has 2 N–H and O–H groups in total. The van der Waals surface area contributed by atoms with Gasteiger partial charge in [-0.15, -0.1) is 0 Å². The lowest BCUT2D eigenvalue weighted by molar-refractivity contribution is 1.62. The standard InChI is InChI=1S/C6H4BrClN/c7-5-2-1-4(9)3-6(5)8/h2-3H,9H2. The van der Waals surface area contributed by atoms with E-state index in [9.17, 15) is 0 Å². The fraction of sp³-hybridized carbons (Fsp3) is 0. The largest absolute Gasteiger partial charge is 0.398 e. The monoisotopic (exact) mass is 204 g/mol. The highest BCUT2D eigenvalue weighted by atomic mass is 79.9. The molecule has 3 heteroatoms. The predicted octanol–water partition coefficient (Wildman–Crippen LogP) is 2.48. The van der Waals surface area contributed by atoms with Crippen molar-refractivity contribution in [3.8, 4) is 0 Å². The maximum Gasteiger partial charge on any atom is 0.0568 e. The van der Waals surface area contributed by atoms with E-state index in [1.54, 1.807) is 12.1 Å². The van der Waals surface area contributed by atoms with Crippen molar-refractivity contribution in [2.45, 2.75) is 0 Å². The van der Waals surface area contributed by atoms with Crippen LogP contribution in [0.3, 0.4) is 0 Å². The van der Waals surface area contributed by atoms with Crippen LogP contribution in [0.4, 0.5) is 5.69 Å². The van der Waals surface area contributed by atoms with E-state index in [-0.39, 0.29) is 0 Å². The lowest BCUT2D eigenvalue weighted by Crippen LogP contribution is -1.83. The Kier molecular flexibility index (Phi) is 1.98. The van der Waals surface area contributed by atoms with Gasteiger partial charge in [0.25, 0.3) is 0 Å². The van der Waals surface area contributed by atoms with Crippen LogP contribution >= 0.6 is 27.5 Å². The second-order valence-electron chi connectivity index (χ2n) is 1.58. The molecule has 0 aliphatic heterocycles. The summed E-state index contributed by atoms with van der Waals surface area (Å²) in [6.45, 7) is 0. The van der Waals surface area contributed by atoms with Crippen molar-refractivity contribution >= 4 is 33.2 Å². The highest BCUT2D eigenvalue weighted by Gasteiger charge is 1.94. The molecular weight excluding hydrogens is 201 g/mol. The first-order chi connectivity index (χ1) is 4.20. The summed E-state index contributed by atoms with van der Waals surface area (Å²) in [6.07, 6.45) is 0. The van der Waals surface area contributed by atoms with Gasteiger partial charge in [0, 0.05) is 16.2 Å². The number of benzene rings is 1. The van der Waals surface area contributed by atoms with Gasteiger partial charge < -0.3 is 5.73 Å². The van der Waals surface area contributed by atoms with Crippen LogP contribution in [-0.2, 0) is 0 Å². The molecule has 0 saturated heterocycles. The summed E-state index contributed by atoms with van der Waals surface area (Å²) in [5.74, 6) is 0. The molecule has 0 aromatic heterocycles. The molecule has 0 heterocycles. The topological polar surface area (TPSA) is 26.0 Å². The van der Waals surface area contributed by atoms with Crippen LogP contribution < -0.4 is 5.73 Å². The van der Waals surface area contributed by atoms with Crippen LogP contribution in [0.15, 0.2) is 16.6 Å². The van der Waals surface area contributed by atoms with Crippen molar-refractivity contribution in [2.24, 2.45) is 0 Å². The number of rotatable bonds is 0. The summed E-state index contributed by atoms with van der Waals surface area (Å²) >= 11 is 8.88. The zero-order valence-electron chi connectivity index (χ0n) is 4.49. The van der Waals surface area contributed by atoms with E-state index in [1.165, 1.54) is 0 Å². The number of hydrogen-bond donors (Lipinski definition) is 1. The average Bonchev–Trinajstić information content (AvgIpc) is 1.80. The minimum atomic E-state index is 0.559. The summed E-state index contributed by atoms with van der Waals surface area (Å²) in [7, 11) is 0. The van der Waals surface area contributed by atoms with E-state index in [2.05, 4.69) is 22.0 Å². The van der Waals surface area contributed by atoms with E-state index < -0.39 is 0 Å². The molecule has 0 unspecified atom stereocenters. The van der Waals surface area contributed by atoms with E-state index in [0.717, 1.165) is 4.47 Å². The Labute approximate surface area is 66.9 Å². The Morgan fingerprint density at radius 3 is 2.78 bits per heavy atom. The second-order valence-corrected chi connectivity index (χ2v) is 2.85. The quantitative estimate of drug-likeness (QED) is 0.647. The van der Waals surface area contributed by atoms with Gasteiger partial charge in [-0.3, -0.25) is 0 Å². The molecular formula is C6H4BrClN. The molecule has 1 aromatic rings. The summed E-state index contributed by atoms with van der Waals surface area (Å²) in [6, 6.07) is 6.12. The summed E-state index contributed by atoms with van der Waals surface area (Å²) < 4.78 is 0.818. The van der Waals surface area contributed by atoms with Crippen LogP contribution in [-0.4, -0.2) is 0 Å². The highest BCUT2D eigenvalue weighted by Crippen LogP contribution is 2.23. The SMILES string of the molecule is Nc1[c]cc(Br)c(Cl)c1. The maximum absolute atomic E-state index is 5.67. The first-order valence-electron chi connectivity index (χ1n) is 2.32.